The number of ether oxygens (including phenoxy) is 2. The minimum atomic E-state index is -0.943. The monoisotopic (exact) mass is 433 g/mol. The predicted molar refractivity (Wildman–Crippen MR) is 119 cm³/mol. The van der Waals surface area contributed by atoms with E-state index in [-0.39, 0.29) is 16.9 Å². The second kappa shape index (κ2) is 8.26. The lowest BCUT2D eigenvalue weighted by Gasteiger charge is -2.25. The van der Waals surface area contributed by atoms with E-state index in [1.54, 1.807) is 36.4 Å². The van der Waals surface area contributed by atoms with Gasteiger partial charge in [0.15, 0.2) is 0 Å². The second-order valence-corrected chi connectivity index (χ2v) is 7.47. The number of anilines is 1. The molecular formula is C25H23NO6. The first-order valence-electron chi connectivity index (χ1n) is 10.0. The molecular weight excluding hydrogens is 410 g/mol. The quantitative estimate of drug-likeness (QED) is 0.361. The van der Waals surface area contributed by atoms with Gasteiger partial charge in [-0.05, 0) is 61.4 Å². The summed E-state index contributed by atoms with van der Waals surface area (Å²) in [7, 11) is 2.95. The highest BCUT2D eigenvalue weighted by Crippen LogP contribution is 2.44. The third-order valence-corrected chi connectivity index (χ3v) is 5.75. The number of ketones is 1. The maximum atomic E-state index is 13.2. The van der Waals surface area contributed by atoms with Gasteiger partial charge in [-0.25, -0.2) is 0 Å². The number of benzene rings is 2. The summed E-state index contributed by atoms with van der Waals surface area (Å²) in [6.07, 6.45) is 1.46. The highest BCUT2D eigenvalue weighted by Gasteiger charge is 2.49. The van der Waals surface area contributed by atoms with Gasteiger partial charge in [0.25, 0.3) is 11.7 Å². The van der Waals surface area contributed by atoms with Crippen molar-refractivity contribution in [1.29, 1.82) is 0 Å². The zero-order valence-corrected chi connectivity index (χ0v) is 18.2. The Kier molecular flexibility index (Phi) is 5.48. The van der Waals surface area contributed by atoms with Crippen molar-refractivity contribution in [1.82, 2.24) is 0 Å². The fourth-order valence-corrected chi connectivity index (χ4v) is 3.94. The number of carbonyl (C=O) groups excluding carboxylic acids is 2. The van der Waals surface area contributed by atoms with Crippen LogP contribution < -0.4 is 14.4 Å². The lowest BCUT2D eigenvalue weighted by atomic mass is 9.98. The Labute approximate surface area is 185 Å². The normalized spacial score (nSPS) is 17.6. The number of rotatable bonds is 5. The van der Waals surface area contributed by atoms with Gasteiger partial charge >= 0.3 is 0 Å². The first kappa shape index (κ1) is 21.2. The molecule has 1 aliphatic heterocycles. The van der Waals surface area contributed by atoms with Crippen molar-refractivity contribution in [3.8, 4) is 11.5 Å². The van der Waals surface area contributed by atoms with Crippen LogP contribution in [0.5, 0.6) is 11.5 Å². The Balaban J connectivity index is 1.99. The Morgan fingerprint density at radius 1 is 1.03 bits per heavy atom. The van der Waals surface area contributed by atoms with Crippen molar-refractivity contribution >= 4 is 23.1 Å². The summed E-state index contributed by atoms with van der Waals surface area (Å²) < 4.78 is 16.2. The highest BCUT2D eigenvalue weighted by molar-refractivity contribution is 6.51. The van der Waals surface area contributed by atoms with E-state index in [9.17, 15) is 14.7 Å². The van der Waals surface area contributed by atoms with E-state index in [4.69, 9.17) is 13.9 Å². The van der Waals surface area contributed by atoms with Crippen LogP contribution in [0.2, 0.25) is 0 Å². The molecule has 1 atom stereocenters. The average Bonchev–Trinajstić information content (AvgIpc) is 3.42. The summed E-state index contributed by atoms with van der Waals surface area (Å²) in [5, 5.41) is 11.3. The number of Topliss-reactive ketones (excluding diaryl/α,β-unsaturated/α-hetero) is 1. The van der Waals surface area contributed by atoms with Crippen LogP contribution in [0.15, 0.2) is 64.8 Å². The summed E-state index contributed by atoms with van der Waals surface area (Å²) in [5.41, 5.74) is 2.55. The molecule has 1 fully saturated rings. The molecule has 2 heterocycles. The van der Waals surface area contributed by atoms with E-state index in [0.29, 0.717) is 22.9 Å². The number of amides is 1. The molecule has 0 bridgehead atoms. The third kappa shape index (κ3) is 3.32. The molecule has 0 aliphatic carbocycles. The maximum absolute atomic E-state index is 13.2. The maximum Gasteiger partial charge on any atom is 0.300 e. The molecule has 0 spiro atoms. The van der Waals surface area contributed by atoms with E-state index in [1.807, 2.05) is 26.0 Å². The Bertz CT molecular complexity index is 1230. The number of hydrogen-bond acceptors (Lipinski definition) is 6. The molecule has 3 aromatic rings. The number of aliphatic hydroxyl groups is 1. The van der Waals surface area contributed by atoms with Gasteiger partial charge in [0.1, 0.15) is 29.1 Å². The molecule has 1 unspecified atom stereocenters. The summed E-state index contributed by atoms with van der Waals surface area (Å²) in [6, 6.07) is 12.8. The van der Waals surface area contributed by atoms with Gasteiger partial charge in [0.2, 0.25) is 0 Å². The first-order chi connectivity index (χ1) is 15.4. The van der Waals surface area contributed by atoms with Crippen LogP contribution in [0, 0.1) is 13.8 Å². The van der Waals surface area contributed by atoms with Crippen LogP contribution in [0.1, 0.15) is 28.5 Å². The molecule has 0 radical (unpaired) electrons. The van der Waals surface area contributed by atoms with Crippen LogP contribution in [0.25, 0.3) is 5.76 Å². The Morgan fingerprint density at radius 3 is 2.47 bits per heavy atom. The molecule has 1 saturated heterocycles. The minimum Gasteiger partial charge on any atom is -0.507 e. The SMILES string of the molecule is COc1ccc(OC)c(/C(O)=C2/C(=O)C(=O)N(c3cccc(C)c3C)C2c2ccco2)c1. The number of hydrogen-bond donors (Lipinski definition) is 1. The molecule has 4 rings (SSSR count). The average molecular weight is 433 g/mol. The lowest BCUT2D eigenvalue weighted by Crippen LogP contribution is -2.30. The van der Waals surface area contributed by atoms with Gasteiger partial charge in [-0.1, -0.05) is 12.1 Å². The summed E-state index contributed by atoms with van der Waals surface area (Å²) in [5.74, 6) is -0.773. The van der Waals surface area contributed by atoms with Crippen LogP contribution in [-0.4, -0.2) is 31.0 Å². The van der Waals surface area contributed by atoms with Gasteiger partial charge in [0.05, 0.1) is 31.6 Å². The molecule has 1 aliphatic rings. The lowest BCUT2D eigenvalue weighted by molar-refractivity contribution is -0.132. The van der Waals surface area contributed by atoms with Crippen LogP contribution >= 0.6 is 0 Å². The standard InChI is InChI=1S/C25H23NO6/c1-14-7-5-8-18(15(14)2)26-22(20-9-6-12-32-20)21(24(28)25(26)29)23(27)17-13-16(30-3)10-11-19(17)31-4/h5-13,22,27H,1-4H3/b23-21-. The van der Waals surface area contributed by atoms with Gasteiger partial charge in [0, 0.05) is 5.69 Å². The van der Waals surface area contributed by atoms with E-state index in [2.05, 4.69) is 0 Å². The molecule has 32 heavy (non-hydrogen) atoms. The van der Waals surface area contributed by atoms with Crippen LogP contribution in [0.3, 0.4) is 0 Å². The molecule has 7 heteroatoms. The van der Waals surface area contributed by atoms with E-state index >= 15 is 0 Å². The van der Waals surface area contributed by atoms with E-state index < -0.39 is 17.7 Å². The topological polar surface area (TPSA) is 89.2 Å². The predicted octanol–water partition coefficient (Wildman–Crippen LogP) is 4.54. The summed E-state index contributed by atoms with van der Waals surface area (Å²) >= 11 is 0. The molecule has 0 saturated carbocycles. The van der Waals surface area contributed by atoms with Crippen molar-refractivity contribution in [2.75, 3.05) is 19.1 Å². The van der Waals surface area contributed by atoms with E-state index in [0.717, 1.165) is 11.1 Å². The van der Waals surface area contributed by atoms with E-state index in [1.165, 1.54) is 25.4 Å². The van der Waals surface area contributed by atoms with Gasteiger partial charge in [-0.3, -0.25) is 14.5 Å². The summed E-state index contributed by atoms with van der Waals surface area (Å²) in [6.45, 7) is 3.81. The third-order valence-electron chi connectivity index (χ3n) is 5.75. The van der Waals surface area contributed by atoms with Gasteiger partial charge in [-0.2, -0.15) is 0 Å². The molecule has 7 nitrogen and oxygen atoms in total. The van der Waals surface area contributed by atoms with Crippen LogP contribution in [0.4, 0.5) is 5.69 Å². The molecule has 1 aromatic heterocycles. The van der Waals surface area contributed by atoms with Crippen molar-refractivity contribution < 1.29 is 28.6 Å². The number of nitrogens with zero attached hydrogens (tertiary/aromatic N) is 1. The fourth-order valence-electron chi connectivity index (χ4n) is 3.94. The minimum absolute atomic E-state index is 0.0857. The van der Waals surface area contributed by atoms with Gasteiger partial charge in [-0.15, -0.1) is 0 Å². The number of furan rings is 1. The smallest absolute Gasteiger partial charge is 0.300 e. The Hall–Kier alpha value is -4.00. The zero-order chi connectivity index (χ0) is 23.0. The number of carbonyl (C=O) groups is 2. The first-order valence-corrected chi connectivity index (χ1v) is 10.0. The Morgan fingerprint density at radius 2 is 1.81 bits per heavy atom. The number of methoxy groups -OCH3 is 2. The van der Waals surface area contributed by atoms with Crippen molar-refractivity contribution in [2.24, 2.45) is 0 Å². The number of aryl methyl sites for hydroxylation is 1. The molecule has 1 N–H and O–H groups in total. The van der Waals surface area contributed by atoms with Crippen molar-refractivity contribution in [3.63, 3.8) is 0 Å². The zero-order valence-electron chi connectivity index (χ0n) is 18.2. The molecule has 2 aromatic carbocycles. The van der Waals surface area contributed by atoms with Crippen molar-refractivity contribution in [3.05, 3.63) is 82.8 Å². The van der Waals surface area contributed by atoms with Crippen LogP contribution in [-0.2, 0) is 9.59 Å². The highest BCUT2D eigenvalue weighted by atomic mass is 16.5. The van der Waals surface area contributed by atoms with Crippen molar-refractivity contribution in [2.45, 2.75) is 19.9 Å². The molecule has 1 amide bonds. The largest absolute Gasteiger partial charge is 0.507 e. The molecule has 164 valence electrons. The van der Waals surface area contributed by atoms with Gasteiger partial charge < -0.3 is 19.0 Å². The fraction of sp³-hybridized carbons (Fsp3) is 0.200. The number of aliphatic hydroxyl groups excluding tert-OH is 1. The second-order valence-electron chi connectivity index (χ2n) is 7.47. The summed E-state index contributed by atoms with van der Waals surface area (Å²) in [4.78, 5) is 27.8.